The van der Waals surface area contributed by atoms with E-state index in [2.05, 4.69) is 15.6 Å². The summed E-state index contributed by atoms with van der Waals surface area (Å²) in [6.45, 7) is 5.52. The molecule has 1 saturated heterocycles. The zero-order chi connectivity index (χ0) is 32.8. The zero-order valence-corrected chi connectivity index (χ0v) is 26.3. The molecule has 1 aliphatic rings. The molecular weight excluding hydrogens is 584 g/mol. The van der Waals surface area contributed by atoms with Gasteiger partial charge in [-0.3, -0.25) is 15.0 Å². The summed E-state index contributed by atoms with van der Waals surface area (Å²) < 4.78 is 35.7. The highest BCUT2D eigenvalue weighted by Crippen LogP contribution is 2.31. The zero-order valence-electron chi connectivity index (χ0n) is 26.3. The van der Waals surface area contributed by atoms with E-state index >= 15 is 0 Å². The van der Waals surface area contributed by atoms with Gasteiger partial charge in [-0.1, -0.05) is 0 Å². The number of imidazole rings is 1. The SMILES string of the molecule is CCn1c(-c2ccc(OC)c(F)c2F)cnc1C(=N)Nc1ccc(C(=O)N2CCC(C(=O)NCC(O)CN(C)C)CC2)c(C)c1. The van der Waals surface area contributed by atoms with Gasteiger partial charge in [0.25, 0.3) is 5.91 Å². The number of likely N-dealkylation sites (N-methyl/N-ethyl adjacent to an activating group) is 1. The van der Waals surface area contributed by atoms with Gasteiger partial charge in [-0.2, -0.15) is 4.39 Å². The van der Waals surface area contributed by atoms with Crippen LogP contribution in [-0.2, 0) is 11.3 Å². The first-order valence-corrected chi connectivity index (χ1v) is 14.9. The Bertz CT molecular complexity index is 1550. The van der Waals surface area contributed by atoms with Gasteiger partial charge in [-0.05, 0) is 76.7 Å². The number of ether oxygens (including phenoxy) is 1. The van der Waals surface area contributed by atoms with E-state index in [1.165, 1.54) is 25.4 Å². The van der Waals surface area contributed by atoms with Crippen molar-refractivity contribution in [2.75, 3.05) is 52.7 Å². The first-order chi connectivity index (χ1) is 21.4. The topological polar surface area (TPSA) is 136 Å². The number of amides is 2. The van der Waals surface area contributed by atoms with E-state index in [0.29, 0.717) is 61.5 Å². The number of hydrogen-bond acceptors (Lipinski definition) is 7. The maximum Gasteiger partial charge on any atom is 0.254 e. The highest BCUT2D eigenvalue weighted by atomic mass is 19.2. The van der Waals surface area contributed by atoms with Crippen molar-refractivity contribution >= 4 is 23.3 Å². The fourth-order valence-corrected chi connectivity index (χ4v) is 5.54. The molecule has 2 amide bonds. The molecule has 1 fully saturated rings. The van der Waals surface area contributed by atoms with Gasteiger partial charge in [0, 0.05) is 55.5 Å². The number of aliphatic hydroxyl groups is 1. The maximum atomic E-state index is 14.8. The predicted octanol–water partition coefficient (Wildman–Crippen LogP) is 3.49. The molecule has 11 nitrogen and oxygen atoms in total. The monoisotopic (exact) mass is 625 g/mol. The normalized spacial score (nSPS) is 14.4. The fraction of sp³-hybridized carbons (Fsp3) is 0.438. The molecule has 1 unspecified atom stereocenters. The van der Waals surface area contributed by atoms with Crippen LogP contribution < -0.4 is 15.4 Å². The van der Waals surface area contributed by atoms with E-state index in [-0.39, 0.29) is 47.3 Å². The molecule has 45 heavy (non-hydrogen) atoms. The largest absolute Gasteiger partial charge is 0.494 e. The van der Waals surface area contributed by atoms with Crippen molar-refractivity contribution < 1.29 is 28.2 Å². The number of nitrogens with zero attached hydrogens (tertiary/aromatic N) is 4. The summed E-state index contributed by atoms with van der Waals surface area (Å²) >= 11 is 0. The Balaban J connectivity index is 1.38. The van der Waals surface area contributed by atoms with E-state index in [4.69, 9.17) is 10.1 Å². The standard InChI is InChI=1S/C32H41F2N7O4/c1-6-41-25(24-9-10-26(45-5)28(34)27(24)33)17-36-30(41)29(35)38-21-7-8-23(19(2)15-21)32(44)40-13-11-20(12-14-40)31(43)37-16-22(42)18-39(3)4/h7-10,15,17,20,22,42H,6,11-14,16,18H2,1-5H3,(H2,35,38)(H,37,43). The van der Waals surface area contributed by atoms with Crippen molar-refractivity contribution in [2.24, 2.45) is 5.92 Å². The molecule has 0 spiro atoms. The van der Waals surface area contributed by atoms with E-state index in [1.54, 1.807) is 27.7 Å². The van der Waals surface area contributed by atoms with Crippen LogP contribution in [0.5, 0.6) is 5.75 Å². The summed E-state index contributed by atoms with van der Waals surface area (Å²) in [5.41, 5.74) is 2.12. The van der Waals surface area contributed by atoms with E-state index in [9.17, 15) is 23.5 Å². The number of aryl methyl sites for hydroxylation is 1. The van der Waals surface area contributed by atoms with Gasteiger partial charge >= 0.3 is 0 Å². The Morgan fingerprint density at radius 2 is 1.89 bits per heavy atom. The number of likely N-dealkylation sites (tertiary alicyclic amines) is 1. The van der Waals surface area contributed by atoms with Gasteiger partial charge in [0.1, 0.15) is 0 Å². The average Bonchev–Trinajstić information content (AvgIpc) is 3.45. The Morgan fingerprint density at radius 3 is 2.51 bits per heavy atom. The van der Waals surface area contributed by atoms with E-state index < -0.39 is 17.7 Å². The van der Waals surface area contributed by atoms with Gasteiger partial charge in [-0.15, -0.1) is 0 Å². The Hall–Kier alpha value is -4.36. The number of carbonyl (C=O) groups excluding carboxylic acids is 2. The van der Waals surface area contributed by atoms with Crippen LogP contribution in [0.2, 0.25) is 0 Å². The number of piperidine rings is 1. The highest BCUT2D eigenvalue weighted by Gasteiger charge is 2.29. The molecule has 4 rings (SSSR count). The quantitative estimate of drug-likeness (QED) is 0.189. The number of carbonyl (C=O) groups is 2. The van der Waals surface area contributed by atoms with Crippen molar-refractivity contribution in [1.29, 1.82) is 5.41 Å². The summed E-state index contributed by atoms with van der Waals surface area (Å²) in [5.74, 6) is -2.62. The van der Waals surface area contributed by atoms with Crippen molar-refractivity contribution in [3.05, 3.63) is 65.1 Å². The summed E-state index contributed by atoms with van der Waals surface area (Å²) in [5, 5.41) is 24.5. The van der Waals surface area contributed by atoms with Gasteiger partial charge < -0.3 is 34.8 Å². The van der Waals surface area contributed by atoms with Crippen LogP contribution in [0.3, 0.4) is 0 Å². The lowest BCUT2D eigenvalue weighted by atomic mass is 9.95. The summed E-state index contributed by atoms with van der Waals surface area (Å²) in [6, 6.07) is 7.92. The molecule has 13 heteroatoms. The summed E-state index contributed by atoms with van der Waals surface area (Å²) in [4.78, 5) is 33.8. The van der Waals surface area contributed by atoms with Gasteiger partial charge in [0.2, 0.25) is 11.7 Å². The summed E-state index contributed by atoms with van der Waals surface area (Å²) in [6.07, 6.45) is 1.83. The fourth-order valence-electron chi connectivity index (χ4n) is 5.54. The number of halogens is 2. The maximum absolute atomic E-state index is 14.8. The molecule has 0 bridgehead atoms. The molecule has 2 aromatic carbocycles. The number of rotatable bonds is 11. The first kappa shape index (κ1) is 33.5. The number of nitrogens with one attached hydrogen (secondary N) is 3. The molecule has 0 radical (unpaired) electrons. The molecule has 2 heterocycles. The molecular formula is C32H41F2N7O4. The molecule has 1 atom stereocenters. The second kappa shape index (κ2) is 14.6. The highest BCUT2D eigenvalue weighted by molar-refractivity contribution is 6.05. The molecule has 0 aliphatic carbocycles. The number of aliphatic hydroxyl groups excluding tert-OH is 1. The van der Waals surface area contributed by atoms with Crippen molar-refractivity contribution in [3.63, 3.8) is 0 Å². The minimum Gasteiger partial charge on any atom is -0.494 e. The third-order valence-electron chi connectivity index (χ3n) is 7.91. The molecule has 4 N–H and O–H groups in total. The second-order valence-corrected chi connectivity index (χ2v) is 11.4. The van der Waals surface area contributed by atoms with Crippen LogP contribution in [0, 0.1) is 29.9 Å². The Morgan fingerprint density at radius 1 is 1.18 bits per heavy atom. The predicted molar refractivity (Wildman–Crippen MR) is 168 cm³/mol. The number of methoxy groups -OCH3 is 1. The molecule has 1 aromatic heterocycles. The van der Waals surface area contributed by atoms with Crippen LogP contribution in [0.15, 0.2) is 36.5 Å². The minimum absolute atomic E-state index is 0.00359. The Labute approximate surface area is 261 Å². The van der Waals surface area contributed by atoms with Gasteiger partial charge in [0.05, 0.1) is 25.1 Å². The Kier molecular flexibility index (Phi) is 10.9. The number of amidine groups is 1. The first-order valence-electron chi connectivity index (χ1n) is 14.9. The average molecular weight is 626 g/mol. The molecule has 242 valence electrons. The van der Waals surface area contributed by atoms with Gasteiger partial charge in [-0.25, -0.2) is 9.37 Å². The molecule has 0 saturated carbocycles. The van der Waals surface area contributed by atoms with Crippen molar-refractivity contribution in [3.8, 4) is 17.0 Å². The lowest BCUT2D eigenvalue weighted by Crippen LogP contribution is -2.45. The van der Waals surface area contributed by atoms with E-state index in [1.807, 2.05) is 32.8 Å². The molecule has 3 aromatic rings. The lowest BCUT2D eigenvalue weighted by molar-refractivity contribution is -0.126. The lowest BCUT2D eigenvalue weighted by Gasteiger charge is -2.32. The van der Waals surface area contributed by atoms with Crippen LogP contribution in [0.25, 0.3) is 11.3 Å². The van der Waals surface area contributed by atoms with Gasteiger partial charge in [0.15, 0.2) is 23.2 Å². The van der Waals surface area contributed by atoms with Crippen LogP contribution in [0.4, 0.5) is 14.5 Å². The smallest absolute Gasteiger partial charge is 0.254 e. The summed E-state index contributed by atoms with van der Waals surface area (Å²) in [7, 11) is 4.97. The number of aromatic nitrogens is 2. The van der Waals surface area contributed by atoms with Crippen molar-refractivity contribution in [2.45, 2.75) is 39.3 Å². The minimum atomic E-state index is -1.10. The second-order valence-electron chi connectivity index (χ2n) is 11.4. The third-order valence-corrected chi connectivity index (χ3v) is 7.91. The van der Waals surface area contributed by atoms with E-state index in [0.717, 1.165) is 0 Å². The van der Waals surface area contributed by atoms with Crippen LogP contribution in [0.1, 0.15) is 41.5 Å². The number of anilines is 1. The number of benzene rings is 2. The van der Waals surface area contributed by atoms with Crippen LogP contribution >= 0.6 is 0 Å². The number of hydrogen-bond donors (Lipinski definition) is 4. The van der Waals surface area contributed by atoms with Crippen LogP contribution in [-0.4, -0.2) is 95.6 Å². The van der Waals surface area contributed by atoms with Crippen molar-refractivity contribution in [1.82, 2.24) is 24.7 Å². The third kappa shape index (κ3) is 7.66. The molecule has 1 aliphatic heterocycles.